The predicted molar refractivity (Wildman–Crippen MR) is 66.0 cm³/mol. The van der Waals surface area contributed by atoms with Gasteiger partial charge < -0.3 is 4.74 Å². The molecule has 1 aliphatic rings. The summed E-state index contributed by atoms with van der Waals surface area (Å²) in [5.41, 5.74) is 1.37. The molecule has 0 saturated carbocycles. The monoisotopic (exact) mass is 262 g/mol. The van der Waals surface area contributed by atoms with Crippen LogP contribution in [0.3, 0.4) is 0 Å². The van der Waals surface area contributed by atoms with Gasteiger partial charge in [-0.05, 0) is 16.8 Å². The van der Waals surface area contributed by atoms with Gasteiger partial charge in [-0.15, -0.1) is 0 Å². The van der Waals surface area contributed by atoms with E-state index >= 15 is 0 Å². The van der Waals surface area contributed by atoms with E-state index in [4.69, 9.17) is 4.74 Å². The van der Waals surface area contributed by atoms with Crippen LogP contribution < -0.4 is 4.74 Å². The van der Waals surface area contributed by atoms with E-state index in [0.717, 1.165) is 17.7 Å². The molecule has 0 radical (unpaired) electrons. The van der Waals surface area contributed by atoms with Gasteiger partial charge in [-0.1, -0.05) is 46.3 Å². The topological polar surface area (TPSA) is 9.23 Å². The van der Waals surface area contributed by atoms with Gasteiger partial charge in [0.25, 0.3) is 0 Å². The van der Waals surface area contributed by atoms with Crippen molar-refractivity contribution in [1.82, 2.24) is 0 Å². The van der Waals surface area contributed by atoms with Gasteiger partial charge in [0.05, 0.1) is 6.61 Å². The van der Waals surface area contributed by atoms with Crippen LogP contribution in [0.4, 0.5) is 0 Å². The maximum Gasteiger partial charge on any atom is 0.123 e. The second-order valence-corrected chi connectivity index (χ2v) is 4.51. The van der Waals surface area contributed by atoms with E-state index in [0.29, 0.717) is 5.92 Å². The Balaban J connectivity index is 2.32. The molecule has 1 nitrogen and oxygen atoms in total. The molecule has 0 bridgehead atoms. The van der Waals surface area contributed by atoms with Crippen LogP contribution in [0.2, 0.25) is 0 Å². The van der Waals surface area contributed by atoms with Crippen LogP contribution in [-0.4, -0.2) is 11.9 Å². The summed E-state index contributed by atoms with van der Waals surface area (Å²) in [6.07, 6.45) is 0. The molecule has 1 aliphatic heterocycles. The zero-order valence-electron chi connectivity index (χ0n) is 8.24. The zero-order valence-corrected chi connectivity index (χ0v) is 9.83. The normalized spacial score (nSPS) is 18.9. The fourth-order valence-corrected chi connectivity index (χ4v) is 2.73. The molecule has 15 heavy (non-hydrogen) atoms. The van der Waals surface area contributed by atoms with Crippen molar-refractivity contribution in [3.05, 3.63) is 42.0 Å². The first-order valence-electron chi connectivity index (χ1n) is 5.10. The molecule has 0 fully saturated rings. The zero-order chi connectivity index (χ0) is 10.3. The quantitative estimate of drug-likeness (QED) is 0.712. The minimum absolute atomic E-state index is 0.492. The van der Waals surface area contributed by atoms with Crippen molar-refractivity contribution in [1.29, 1.82) is 0 Å². The highest BCUT2D eigenvalue weighted by molar-refractivity contribution is 9.09. The van der Waals surface area contributed by atoms with Crippen molar-refractivity contribution in [3.8, 4) is 5.75 Å². The minimum Gasteiger partial charge on any atom is -0.493 e. The highest BCUT2D eigenvalue weighted by atomic mass is 79.9. The molecule has 0 aromatic heterocycles. The average molecular weight is 263 g/mol. The summed E-state index contributed by atoms with van der Waals surface area (Å²) in [6, 6.07) is 12.7. The molecule has 76 valence electrons. The Hall–Kier alpha value is -1.02. The third kappa shape index (κ3) is 1.36. The first-order chi connectivity index (χ1) is 7.40. The van der Waals surface area contributed by atoms with Gasteiger partial charge in [-0.3, -0.25) is 0 Å². The van der Waals surface area contributed by atoms with Crippen LogP contribution in [0, 0.1) is 0 Å². The molecule has 0 amide bonds. The van der Waals surface area contributed by atoms with Crippen LogP contribution in [0.15, 0.2) is 36.4 Å². The number of hydrogen-bond acceptors (Lipinski definition) is 1. The third-order valence-corrected chi connectivity index (χ3v) is 3.75. The molecule has 0 saturated heterocycles. The second-order valence-electron chi connectivity index (χ2n) is 3.86. The number of benzene rings is 2. The molecule has 0 aliphatic carbocycles. The smallest absolute Gasteiger partial charge is 0.123 e. The fraction of sp³-hybridized carbons (Fsp3) is 0.231. The molecule has 2 aromatic rings. The van der Waals surface area contributed by atoms with Gasteiger partial charge >= 0.3 is 0 Å². The molecule has 3 rings (SSSR count). The number of hydrogen-bond donors (Lipinski definition) is 0. The lowest BCUT2D eigenvalue weighted by Crippen LogP contribution is -2.01. The van der Waals surface area contributed by atoms with Crippen molar-refractivity contribution in [2.24, 2.45) is 0 Å². The SMILES string of the molecule is BrCC1COc2ccc3ccccc3c21. The second kappa shape index (κ2) is 3.53. The lowest BCUT2D eigenvalue weighted by molar-refractivity contribution is 0.339. The van der Waals surface area contributed by atoms with Crippen LogP contribution in [-0.2, 0) is 0 Å². The molecule has 0 spiro atoms. The Morgan fingerprint density at radius 3 is 2.93 bits per heavy atom. The number of rotatable bonds is 1. The predicted octanol–water partition coefficient (Wildman–Crippen LogP) is 3.71. The number of halogens is 1. The fourth-order valence-electron chi connectivity index (χ4n) is 2.22. The summed E-state index contributed by atoms with van der Waals surface area (Å²) in [5.74, 6) is 1.55. The van der Waals surface area contributed by atoms with Crippen LogP contribution >= 0.6 is 15.9 Å². The summed E-state index contributed by atoms with van der Waals surface area (Å²) in [7, 11) is 0. The Morgan fingerprint density at radius 1 is 1.20 bits per heavy atom. The molecule has 1 unspecified atom stereocenters. The minimum atomic E-state index is 0.492. The average Bonchev–Trinajstić information content (AvgIpc) is 2.72. The van der Waals surface area contributed by atoms with Crippen molar-refractivity contribution < 1.29 is 4.74 Å². The maximum atomic E-state index is 5.68. The van der Waals surface area contributed by atoms with Gasteiger partial charge in [0.2, 0.25) is 0 Å². The molecule has 1 atom stereocenters. The highest BCUT2D eigenvalue weighted by Crippen LogP contribution is 2.39. The molecular weight excluding hydrogens is 252 g/mol. The van der Waals surface area contributed by atoms with E-state index in [-0.39, 0.29) is 0 Å². The van der Waals surface area contributed by atoms with Crippen LogP contribution in [0.5, 0.6) is 5.75 Å². The van der Waals surface area contributed by atoms with E-state index in [1.165, 1.54) is 16.3 Å². The standard InChI is InChI=1S/C13H11BrO/c14-7-10-8-15-12-6-5-9-3-1-2-4-11(9)13(10)12/h1-6,10H,7-8H2. The summed E-state index contributed by atoms with van der Waals surface area (Å²) in [4.78, 5) is 0. The molecule has 0 N–H and O–H groups in total. The van der Waals surface area contributed by atoms with Crippen molar-refractivity contribution in [2.75, 3.05) is 11.9 Å². The van der Waals surface area contributed by atoms with Crippen molar-refractivity contribution in [2.45, 2.75) is 5.92 Å². The van der Waals surface area contributed by atoms with Gasteiger partial charge in [-0.25, -0.2) is 0 Å². The number of fused-ring (bicyclic) bond motifs is 3. The molecule has 2 heteroatoms. The number of ether oxygens (including phenoxy) is 1. The number of alkyl halides is 1. The molecule has 1 heterocycles. The first kappa shape index (κ1) is 9.22. The molecular formula is C13H11BrO. The summed E-state index contributed by atoms with van der Waals surface area (Å²) < 4.78 is 5.68. The van der Waals surface area contributed by atoms with E-state index < -0.39 is 0 Å². The van der Waals surface area contributed by atoms with Crippen molar-refractivity contribution in [3.63, 3.8) is 0 Å². The Bertz CT molecular complexity index is 507. The Labute approximate surface area is 97.2 Å². The summed E-state index contributed by atoms with van der Waals surface area (Å²) >= 11 is 3.55. The third-order valence-electron chi connectivity index (χ3n) is 2.97. The lowest BCUT2D eigenvalue weighted by atomic mass is 9.96. The maximum absolute atomic E-state index is 5.68. The van der Waals surface area contributed by atoms with Gasteiger partial charge in [0.1, 0.15) is 5.75 Å². The van der Waals surface area contributed by atoms with E-state index in [9.17, 15) is 0 Å². The first-order valence-corrected chi connectivity index (χ1v) is 6.22. The van der Waals surface area contributed by atoms with E-state index in [1.807, 2.05) is 0 Å². The van der Waals surface area contributed by atoms with Crippen molar-refractivity contribution >= 4 is 26.7 Å². The lowest BCUT2D eigenvalue weighted by Gasteiger charge is -2.07. The van der Waals surface area contributed by atoms with E-state index in [2.05, 4.69) is 52.3 Å². The van der Waals surface area contributed by atoms with Crippen LogP contribution in [0.25, 0.3) is 10.8 Å². The summed E-state index contributed by atoms with van der Waals surface area (Å²) in [5, 5.41) is 3.60. The van der Waals surface area contributed by atoms with Crippen LogP contribution in [0.1, 0.15) is 11.5 Å². The highest BCUT2D eigenvalue weighted by Gasteiger charge is 2.24. The van der Waals surface area contributed by atoms with Gasteiger partial charge in [0.15, 0.2) is 0 Å². The Kier molecular flexibility index (Phi) is 2.17. The van der Waals surface area contributed by atoms with Gasteiger partial charge in [0, 0.05) is 16.8 Å². The Morgan fingerprint density at radius 2 is 2.07 bits per heavy atom. The van der Waals surface area contributed by atoms with Gasteiger partial charge in [-0.2, -0.15) is 0 Å². The van der Waals surface area contributed by atoms with E-state index in [1.54, 1.807) is 0 Å². The molecule has 2 aromatic carbocycles. The summed E-state index contributed by atoms with van der Waals surface area (Å²) in [6.45, 7) is 0.800. The largest absolute Gasteiger partial charge is 0.493 e.